The molecule has 5 heteroatoms. The summed E-state index contributed by atoms with van der Waals surface area (Å²) in [5.74, 6) is 0. The molecule has 0 unspecified atom stereocenters. The lowest BCUT2D eigenvalue weighted by Crippen LogP contribution is -2.56. The van der Waals surface area contributed by atoms with Crippen LogP contribution in [0.3, 0.4) is 0 Å². The normalized spacial score (nSPS) is 12.9. The van der Waals surface area contributed by atoms with Crippen molar-refractivity contribution in [3.05, 3.63) is 0 Å². The Morgan fingerprint density at radius 3 is 1.31 bits per heavy atom. The Balaban J connectivity index is 4.30. The zero-order valence-electron chi connectivity index (χ0n) is 9.63. The van der Waals surface area contributed by atoms with Crippen LogP contribution in [0.4, 0.5) is 0 Å². The Hall–Kier alpha value is 0.0569. The Bertz CT molecular complexity index is 126. The quantitative estimate of drug-likeness (QED) is 0.568. The van der Waals surface area contributed by atoms with E-state index in [4.69, 9.17) is 8.85 Å². The molecule has 0 aliphatic rings. The fourth-order valence-corrected chi connectivity index (χ4v) is 4.07. The van der Waals surface area contributed by atoms with E-state index in [1.54, 1.807) is 14.2 Å². The van der Waals surface area contributed by atoms with Crippen molar-refractivity contribution in [2.24, 2.45) is 0 Å². The molecule has 0 atom stereocenters. The van der Waals surface area contributed by atoms with Crippen LogP contribution in [0.5, 0.6) is 0 Å². The topological polar surface area (TPSA) is 24.9 Å². The van der Waals surface area contributed by atoms with Gasteiger partial charge in [-0.1, -0.05) is 0 Å². The van der Waals surface area contributed by atoms with Crippen molar-refractivity contribution in [2.75, 3.05) is 54.7 Å². The number of rotatable bonds is 6. The first-order valence-corrected chi connectivity index (χ1v) is 6.58. The number of hydrogen-bond donors (Lipinski definition) is 0. The van der Waals surface area contributed by atoms with E-state index in [2.05, 4.69) is 9.80 Å². The summed E-state index contributed by atoms with van der Waals surface area (Å²) in [6, 6.07) is 0. The van der Waals surface area contributed by atoms with E-state index in [-0.39, 0.29) is 0 Å². The Kier molecular flexibility index (Phi) is 5.74. The van der Waals surface area contributed by atoms with Gasteiger partial charge in [0.2, 0.25) is 0 Å². The van der Waals surface area contributed by atoms with E-state index in [0.717, 1.165) is 12.3 Å². The van der Waals surface area contributed by atoms with Gasteiger partial charge >= 0.3 is 8.56 Å². The van der Waals surface area contributed by atoms with Gasteiger partial charge in [-0.05, 0) is 28.2 Å². The second-order valence-electron chi connectivity index (χ2n) is 3.79. The maximum Gasteiger partial charge on any atom is 0.366 e. The minimum absolute atomic E-state index is 0.887. The van der Waals surface area contributed by atoms with E-state index in [0.29, 0.717) is 0 Å². The Morgan fingerprint density at radius 2 is 1.15 bits per heavy atom. The van der Waals surface area contributed by atoms with Crippen molar-refractivity contribution < 1.29 is 8.85 Å². The van der Waals surface area contributed by atoms with E-state index in [9.17, 15) is 0 Å². The van der Waals surface area contributed by atoms with Crippen LogP contribution in [0.1, 0.15) is 0 Å². The number of hydrogen-bond acceptors (Lipinski definition) is 4. The second kappa shape index (κ2) is 5.72. The van der Waals surface area contributed by atoms with Crippen LogP contribution >= 0.6 is 0 Å². The summed E-state index contributed by atoms with van der Waals surface area (Å²) in [4.78, 5) is 4.23. The lowest BCUT2D eigenvalue weighted by molar-refractivity contribution is 0.205. The molecule has 0 saturated heterocycles. The van der Waals surface area contributed by atoms with Crippen LogP contribution in [0, 0.1) is 0 Å². The van der Waals surface area contributed by atoms with E-state index in [1.165, 1.54) is 0 Å². The summed E-state index contributed by atoms with van der Waals surface area (Å²) in [7, 11) is 9.61. The molecule has 0 aromatic rings. The van der Waals surface area contributed by atoms with Crippen LogP contribution in [-0.2, 0) is 8.85 Å². The molecule has 0 fully saturated rings. The average molecular weight is 206 g/mol. The molecule has 4 nitrogen and oxygen atoms in total. The molecule has 0 amide bonds. The summed E-state index contributed by atoms with van der Waals surface area (Å²) in [5.41, 5.74) is 0. The highest BCUT2D eigenvalue weighted by Crippen LogP contribution is 2.07. The average Bonchev–Trinajstić information content (AvgIpc) is 2.01. The highest BCUT2D eigenvalue weighted by molar-refractivity contribution is 6.67. The Labute approximate surface area is 82.7 Å². The third kappa shape index (κ3) is 4.73. The molecule has 0 radical (unpaired) electrons. The number of nitrogens with zero attached hydrogens (tertiary/aromatic N) is 2. The van der Waals surface area contributed by atoms with E-state index < -0.39 is 8.56 Å². The highest BCUT2D eigenvalue weighted by Gasteiger charge is 2.36. The van der Waals surface area contributed by atoms with Crippen LogP contribution in [0.25, 0.3) is 0 Å². The summed E-state index contributed by atoms with van der Waals surface area (Å²) >= 11 is 0. The third-order valence-corrected chi connectivity index (χ3v) is 5.57. The van der Waals surface area contributed by atoms with Crippen molar-refractivity contribution in [3.63, 3.8) is 0 Å². The lowest BCUT2D eigenvalue weighted by atomic mass is 11.0. The molecule has 80 valence electrons. The second-order valence-corrected chi connectivity index (χ2v) is 7.06. The molecule has 0 spiro atoms. The molecule has 0 N–H and O–H groups in total. The van der Waals surface area contributed by atoms with Gasteiger partial charge in [0.25, 0.3) is 0 Å². The largest absolute Gasteiger partial charge is 0.396 e. The lowest BCUT2D eigenvalue weighted by Gasteiger charge is -2.32. The van der Waals surface area contributed by atoms with E-state index >= 15 is 0 Å². The minimum Gasteiger partial charge on any atom is -0.396 e. The van der Waals surface area contributed by atoms with Crippen molar-refractivity contribution >= 4 is 8.56 Å². The molecule has 0 bridgehead atoms. The van der Waals surface area contributed by atoms with Gasteiger partial charge in [-0.25, -0.2) is 0 Å². The maximum absolute atomic E-state index is 5.54. The van der Waals surface area contributed by atoms with Crippen LogP contribution < -0.4 is 0 Å². The fraction of sp³-hybridized carbons (Fsp3) is 1.00. The molecule has 0 saturated carbocycles. The smallest absolute Gasteiger partial charge is 0.366 e. The molecular weight excluding hydrogens is 184 g/mol. The third-order valence-electron chi connectivity index (χ3n) is 1.86. The molecular formula is C8H22N2O2Si. The SMILES string of the molecule is CO[Si](CN(C)C)(CN(C)C)OC. The van der Waals surface area contributed by atoms with Gasteiger partial charge < -0.3 is 18.7 Å². The standard InChI is InChI=1S/C8H22N2O2Si/c1-9(2)7-13(11-5,12-6)8-10(3)4/h7-8H2,1-6H3. The zero-order chi connectivity index (χ0) is 10.5. The van der Waals surface area contributed by atoms with Gasteiger partial charge in [0, 0.05) is 26.6 Å². The summed E-state index contributed by atoms with van der Waals surface area (Å²) in [6.07, 6.45) is 1.77. The predicted octanol–water partition coefficient (Wildman–Crippen LogP) is -0.0770. The van der Waals surface area contributed by atoms with Crippen LogP contribution in [0.2, 0.25) is 0 Å². The van der Waals surface area contributed by atoms with Crippen molar-refractivity contribution in [1.29, 1.82) is 0 Å². The van der Waals surface area contributed by atoms with Gasteiger partial charge in [-0.3, -0.25) is 0 Å². The monoisotopic (exact) mass is 206 g/mol. The molecule has 0 aromatic carbocycles. The van der Waals surface area contributed by atoms with Gasteiger partial charge in [-0.2, -0.15) is 0 Å². The minimum atomic E-state index is -2.02. The van der Waals surface area contributed by atoms with Crippen molar-refractivity contribution in [3.8, 4) is 0 Å². The molecule has 0 aliphatic heterocycles. The predicted molar refractivity (Wildman–Crippen MR) is 56.9 cm³/mol. The molecule has 0 rings (SSSR count). The molecule has 13 heavy (non-hydrogen) atoms. The van der Waals surface area contributed by atoms with Crippen molar-refractivity contribution in [1.82, 2.24) is 9.80 Å². The highest BCUT2D eigenvalue weighted by atomic mass is 28.4. The van der Waals surface area contributed by atoms with Crippen LogP contribution in [0.15, 0.2) is 0 Å². The summed E-state index contributed by atoms with van der Waals surface area (Å²) < 4.78 is 11.1. The van der Waals surface area contributed by atoms with Gasteiger partial charge in [0.05, 0.1) is 0 Å². The zero-order valence-corrected chi connectivity index (χ0v) is 10.6. The first-order chi connectivity index (χ1) is 5.95. The van der Waals surface area contributed by atoms with E-state index in [1.807, 2.05) is 28.2 Å². The van der Waals surface area contributed by atoms with Gasteiger partial charge in [0.15, 0.2) is 0 Å². The maximum atomic E-state index is 5.54. The summed E-state index contributed by atoms with van der Waals surface area (Å²) in [5, 5.41) is 0. The van der Waals surface area contributed by atoms with Crippen LogP contribution in [-0.4, -0.2) is 73.1 Å². The van der Waals surface area contributed by atoms with Crippen molar-refractivity contribution in [2.45, 2.75) is 0 Å². The summed E-state index contributed by atoms with van der Waals surface area (Å²) in [6.45, 7) is 0. The first-order valence-electron chi connectivity index (χ1n) is 4.35. The Morgan fingerprint density at radius 1 is 0.846 bits per heavy atom. The molecule has 0 aromatic heterocycles. The first kappa shape index (κ1) is 13.1. The fourth-order valence-electron chi connectivity index (χ4n) is 1.36. The van der Waals surface area contributed by atoms with Gasteiger partial charge in [0.1, 0.15) is 0 Å². The molecule has 0 aliphatic carbocycles. The molecule has 0 heterocycles. The van der Waals surface area contributed by atoms with Gasteiger partial charge in [-0.15, -0.1) is 0 Å².